The Bertz CT molecular complexity index is 1110. The van der Waals surface area contributed by atoms with Gasteiger partial charge in [-0.1, -0.05) is 0 Å². The average molecular weight is 847 g/mol. The molecule has 0 aliphatic rings. The topological polar surface area (TPSA) is 113 Å². The number of methoxy groups -OCH3 is 2. The molecule has 0 saturated carbocycles. The molecule has 0 saturated heterocycles. The minimum Gasteiger partial charge on any atom is -0.493 e. The number of ether oxygens (including phenoxy) is 2. The SMILES string of the molecule is COc1cc(-c2ncnc(-c3cccnc3C(F)(F)F)n2)cc([N+](=O)[O-])c1OC.[Ar].[Ar].[Ar].[Ar].[Ar].[Ar].[Ar].[Ar].[Ar].[Ar].[Ar]. The molecule has 2 heterocycles. The molecule has 0 fully saturated rings. The molecule has 0 bridgehead atoms. The second kappa shape index (κ2) is 37.3. The van der Waals surface area contributed by atoms with E-state index in [-0.39, 0.29) is 449 Å². The summed E-state index contributed by atoms with van der Waals surface area (Å²) in [6, 6.07) is 4.99. The van der Waals surface area contributed by atoms with Crippen LogP contribution in [0.3, 0.4) is 0 Å². The van der Waals surface area contributed by atoms with E-state index in [1.165, 1.54) is 32.4 Å². The van der Waals surface area contributed by atoms with Crippen LogP contribution in [-0.4, -0.2) is 39.1 Å². The van der Waals surface area contributed by atoms with E-state index in [0.29, 0.717) is 0 Å². The van der Waals surface area contributed by atoms with Gasteiger partial charge in [0.25, 0.3) is 0 Å². The number of nitro groups is 1. The number of hydrogen-bond donors (Lipinski definition) is 0. The third kappa shape index (κ3) is 22.3. The maximum absolute atomic E-state index is 13.2. The molecule has 40 heavy (non-hydrogen) atoms. The van der Waals surface area contributed by atoms with Crippen LogP contribution >= 0.6 is 0 Å². The van der Waals surface area contributed by atoms with Crippen molar-refractivity contribution >= 4 is 5.69 Å². The molecule has 0 aliphatic carbocycles. The van der Waals surface area contributed by atoms with E-state index in [9.17, 15) is 23.3 Å². The van der Waals surface area contributed by atoms with E-state index in [0.717, 1.165) is 18.6 Å². The van der Waals surface area contributed by atoms with E-state index < -0.39 is 22.5 Å². The summed E-state index contributed by atoms with van der Waals surface area (Å²) in [5.41, 5.74) is -1.79. The van der Waals surface area contributed by atoms with Crippen LogP contribution in [0.4, 0.5) is 18.9 Å². The molecular weight excluding hydrogens is 835 g/mol. The van der Waals surface area contributed by atoms with Crippen LogP contribution < -0.4 is 9.47 Å². The molecule has 0 radical (unpaired) electrons. The smallest absolute Gasteiger partial charge is 0.434 e. The van der Waals surface area contributed by atoms with Crippen LogP contribution in [0.1, 0.15) is 5.69 Å². The first-order valence-corrected chi connectivity index (χ1v) is 7.88. The normalized spacial score (nSPS) is 8.12. The number of pyridine rings is 1. The van der Waals surface area contributed by atoms with Crippen LogP contribution in [0.25, 0.3) is 22.8 Å². The van der Waals surface area contributed by atoms with Crippen molar-refractivity contribution in [1.29, 1.82) is 0 Å². The van der Waals surface area contributed by atoms with Gasteiger partial charge in [-0.05, 0) is 18.2 Å². The number of hydrogen-bond acceptors (Lipinski definition) is 8. The molecule has 3 rings (SSSR count). The van der Waals surface area contributed by atoms with Crippen molar-refractivity contribution in [3.8, 4) is 34.3 Å². The predicted molar refractivity (Wildman–Crippen MR) is 93.3 cm³/mol. The van der Waals surface area contributed by atoms with Gasteiger partial charge in [0, 0.05) is 433 Å². The zero-order valence-electron chi connectivity index (χ0n) is 18.9. The number of alkyl halides is 3. The van der Waals surface area contributed by atoms with Gasteiger partial charge in [0.2, 0.25) is 5.75 Å². The zero-order valence-corrected chi connectivity index (χ0v) is 26.6. The molecule has 1 aromatic carbocycles. The molecular formula is C17H12Ar11F3N5O4. The van der Waals surface area contributed by atoms with Crippen molar-refractivity contribution in [3.63, 3.8) is 0 Å². The fourth-order valence-electron chi connectivity index (χ4n) is 2.59. The van der Waals surface area contributed by atoms with Crippen molar-refractivity contribution in [2.45, 2.75) is 6.18 Å². The molecule has 9 nitrogen and oxygen atoms in total. The van der Waals surface area contributed by atoms with E-state index in [1.54, 1.807) is 0 Å². The summed E-state index contributed by atoms with van der Waals surface area (Å²) in [4.78, 5) is 25.8. The van der Waals surface area contributed by atoms with E-state index >= 15 is 0 Å². The van der Waals surface area contributed by atoms with Crippen LogP contribution in [0.5, 0.6) is 11.5 Å². The van der Waals surface area contributed by atoms with Gasteiger partial charge in [0.15, 0.2) is 23.1 Å². The Balaban J connectivity index is -0.000000125. The van der Waals surface area contributed by atoms with Gasteiger partial charge < -0.3 is 9.47 Å². The minimum atomic E-state index is -4.72. The Morgan fingerprint density at radius 1 is 0.800 bits per heavy atom. The summed E-state index contributed by atoms with van der Waals surface area (Å²) in [6.45, 7) is 0. The van der Waals surface area contributed by atoms with Gasteiger partial charge in [-0.25, -0.2) is 15.0 Å². The second-order valence-electron chi connectivity index (χ2n) is 5.52. The van der Waals surface area contributed by atoms with Gasteiger partial charge in [0.05, 0.1) is 24.7 Å². The Morgan fingerprint density at radius 3 is 1.77 bits per heavy atom. The third-order valence-corrected chi connectivity index (χ3v) is 3.80. The van der Waals surface area contributed by atoms with E-state index in [4.69, 9.17) is 9.47 Å². The minimum absolute atomic E-state index is 0. The molecule has 0 amide bonds. The van der Waals surface area contributed by atoms with Crippen molar-refractivity contribution < 1.29 is 443 Å². The number of aromatic nitrogens is 4. The summed E-state index contributed by atoms with van der Waals surface area (Å²) in [7, 11) is 2.53. The maximum atomic E-state index is 13.2. The zero-order chi connectivity index (χ0) is 21.2. The first-order chi connectivity index (χ1) is 13.8. The fourth-order valence-corrected chi connectivity index (χ4v) is 2.59. The molecule has 0 atom stereocenters. The van der Waals surface area contributed by atoms with Gasteiger partial charge in [0.1, 0.15) is 6.33 Å². The van der Waals surface area contributed by atoms with E-state index in [1.807, 2.05) is 0 Å². The molecule has 0 N–H and O–H groups in total. The summed E-state index contributed by atoms with van der Waals surface area (Å²) < 4.78 is 49.8. The Hall–Kier alpha value is 10.0. The average Bonchev–Trinajstić information content (AvgIpc) is 2.72. The van der Waals surface area contributed by atoms with Crippen molar-refractivity contribution in [2.24, 2.45) is 0 Å². The van der Waals surface area contributed by atoms with Gasteiger partial charge in [-0.2, -0.15) is 13.2 Å². The maximum Gasteiger partial charge on any atom is 0.434 e. The largest absolute Gasteiger partial charge is 0.493 e. The van der Waals surface area contributed by atoms with Crippen LogP contribution in [0.2, 0.25) is 0 Å². The Kier molecular flexibility index (Phi) is 66.7. The number of halogens is 3. The summed E-state index contributed by atoms with van der Waals surface area (Å²) in [6.07, 6.45) is -2.70. The molecule has 0 aliphatic heterocycles. The molecule has 23 heteroatoms. The van der Waals surface area contributed by atoms with Crippen molar-refractivity contribution in [1.82, 2.24) is 19.9 Å². The molecule has 2 aromatic heterocycles. The van der Waals surface area contributed by atoms with Gasteiger partial charge in [-0.3, -0.25) is 15.1 Å². The molecule has 3 aromatic rings. The Morgan fingerprint density at radius 2 is 1.32 bits per heavy atom. The monoisotopic (exact) mass is 847 g/mol. The molecule has 0 spiro atoms. The summed E-state index contributed by atoms with van der Waals surface area (Å²) >= 11 is 0. The first-order valence-electron chi connectivity index (χ1n) is 7.88. The number of rotatable bonds is 5. The Labute approximate surface area is 558 Å². The van der Waals surface area contributed by atoms with Crippen LogP contribution in [0, 0.1) is 425 Å². The molecule has 238 valence electrons. The fraction of sp³-hybridized carbons (Fsp3) is 0.176. The van der Waals surface area contributed by atoms with Gasteiger partial charge in [-0.15, -0.1) is 0 Å². The number of benzene rings is 1. The van der Waals surface area contributed by atoms with Crippen molar-refractivity contribution in [2.75, 3.05) is 14.2 Å². The van der Waals surface area contributed by atoms with Crippen molar-refractivity contribution in [3.05, 3.63) is 52.6 Å². The summed E-state index contributed by atoms with van der Waals surface area (Å²) in [5, 5.41) is 11.4. The standard InChI is InChI=1S/C17H12F3N5O4.11Ar/c1-28-12-7-9(6-11(25(26)27)13(12)29-2)15-22-8-23-16(24-15)10-4-3-5-21-14(10)17(18,19)20;;;;;;;;;;;/h3-8H,1-2H3;;;;;;;;;;;. The predicted octanol–water partition coefficient (Wildman–Crippen LogP) is 3.54. The second-order valence-corrected chi connectivity index (χ2v) is 5.52. The van der Waals surface area contributed by atoms with Crippen LogP contribution in [0.15, 0.2) is 36.8 Å². The summed E-state index contributed by atoms with van der Waals surface area (Å²) in [5.74, 6) is -0.443. The van der Waals surface area contributed by atoms with Gasteiger partial charge >= 0.3 is 11.9 Å². The first kappa shape index (κ1) is 71.4. The molecule has 0 unspecified atom stereocenters. The number of nitrogens with zero attached hydrogens (tertiary/aromatic N) is 5. The third-order valence-electron chi connectivity index (χ3n) is 3.80. The quantitative estimate of drug-likeness (QED) is 0.284. The number of nitro benzene ring substituents is 1. The van der Waals surface area contributed by atoms with E-state index in [2.05, 4.69) is 19.9 Å². The van der Waals surface area contributed by atoms with Crippen LogP contribution in [-0.2, 0) is 6.18 Å².